The molecule has 4 rings (SSSR count). The fraction of sp³-hybridized carbons (Fsp3) is 0.545. The van der Waals surface area contributed by atoms with Crippen molar-refractivity contribution in [2.45, 2.75) is 71.1 Å². The van der Waals surface area contributed by atoms with E-state index in [0.29, 0.717) is 36.4 Å². The minimum absolute atomic E-state index is 0.296. The molecule has 3 heterocycles. The Morgan fingerprint density at radius 3 is 2.76 bits per heavy atom. The molecule has 1 aliphatic rings. The van der Waals surface area contributed by atoms with Crippen LogP contribution in [0.3, 0.4) is 0 Å². The summed E-state index contributed by atoms with van der Waals surface area (Å²) in [5.41, 5.74) is 11.3. The number of aromatic nitrogens is 5. The van der Waals surface area contributed by atoms with E-state index in [2.05, 4.69) is 35.0 Å². The zero-order chi connectivity index (χ0) is 20.2. The number of pyridine rings is 1. The van der Waals surface area contributed by atoms with Crippen LogP contribution in [0, 0.1) is 6.92 Å². The first-order valence-electron chi connectivity index (χ1n) is 10.7. The molecular formula is C22H30N6O. The van der Waals surface area contributed by atoms with Gasteiger partial charge in [-0.15, -0.1) is 5.10 Å². The van der Waals surface area contributed by atoms with Crippen LogP contribution in [0.1, 0.15) is 80.3 Å². The van der Waals surface area contributed by atoms with Gasteiger partial charge in [0.1, 0.15) is 0 Å². The van der Waals surface area contributed by atoms with Crippen LogP contribution < -0.4 is 10.5 Å². The third-order valence-corrected chi connectivity index (χ3v) is 5.72. The monoisotopic (exact) mass is 394 g/mol. The highest BCUT2D eigenvalue weighted by atomic mass is 16.5. The molecule has 0 radical (unpaired) electrons. The number of ether oxygens (including phenoxy) is 1. The standard InChI is InChI=1S/C22H30N6O/c1-3-4-10-29-22-26-20(23)21-25-14-18(28(21)27-22)12-16-11-15(2)19(24-13-16)17-8-6-5-7-9-17/h11,13-14,17H,3-10,12H2,1-2H3,(H2,23,26,27). The Bertz CT molecular complexity index is 977. The molecule has 1 fully saturated rings. The lowest BCUT2D eigenvalue weighted by molar-refractivity contribution is 0.280. The van der Waals surface area contributed by atoms with Crippen molar-refractivity contribution >= 4 is 11.5 Å². The Hall–Kier alpha value is -2.70. The Kier molecular flexibility index (Phi) is 5.92. The van der Waals surface area contributed by atoms with Gasteiger partial charge in [0.15, 0.2) is 11.5 Å². The van der Waals surface area contributed by atoms with E-state index in [0.717, 1.165) is 24.1 Å². The fourth-order valence-corrected chi connectivity index (χ4v) is 4.17. The number of aryl methyl sites for hydroxylation is 1. The van der Waals surface area contributed by atoms with Gasteiger partial charge in [0.2, 0.25) is 0 Å². The molecule has 0 atom stereocenters. The van der Waals surface area contributed by atoms with Crippen molar-refractivity contribution in [3.8, 4) is 6.01 Å². The lowest BCUT2D eigenvalue weighted by Gasteiger charge is -2.22. The largest absolute Gasteiger partial charge is 0.462 e. The number of fused-ring (bicyclic) bond motifs is 1. The van der Waals surface area contributed by atoms with Gasteiger partial charge in [-0.3, -0.25) is 4.98 Å². The molecule has 29 heavy (non-hydrogen) atoms. The lowest BCUT2D eigenvalue weighted by atomic mass is 9.85. The number of nitrogens with zero attached hydrogens (tertiary/aromatic N) is 5. The number of nitrogens with two attached hydrogens (primary N) is 1. The maximum Gasteiger partial charge on any atom is 0.336 e. The van der Waals surface area contributed by atoms with E-state index in [1.54, 1.807) is 10.7 Å². The number of hydrogen-bond donors (Lipinski definition) is 1. The number of anilines is 1. The van der Waals surface area contributed by atoms with E-state index in [1.165, 1.54) is 43.4 Å². The number of imidazole rings is 1. The molecule has 0 spiro atoms. The van der Waals surface area contributed by atoms with Gasteiger partial charge in [0.25, 0.3) is 0 Å². The second kappa shape index (κ2) is 8.76. The first-order chi connectivity index (χ1) is 14.2. The normalized spacial score (nSPS) is 15.1. The summed E-state index contributed by atoms with van der Waals surface area (Å²) in [5, 5.41) is 4.50. The molecule has 0 bridgehead atoms. The van der Waals surface area contributed by atoms with Crippen LogP contribution in [0.25, 0.3) is 5.65 Å². The minimum atomic E-state index is 0.296. The Labute approximate surface area is 171 Å². The summed E-state index contributed by atoms with van der Waals surface area (Å²) in [6.45, 7) is 4.87. The van der Waals surface area contributed by atoms with E-state index >= 15 is 0 Å². The van der Waals surface area contributed by atoms with Crippen molar-refractivity contribution in [3.05, 3.63) is 41.0 Å². The number of nitrogen functional groups attached to an aromatic ring is 1. The molecule has 3 aromatic rings. The zero-order valence-corrected chi connectivity index (χ0v) is 17.4. The van der Waals surface area contributed by atoms with Crippen LogP contribution in [0.5, 0.6) is 6.01 Å². The van der Waals surface area contributed by atoms with Gasteiger partial charge in [0.05, 0.1) is 18.5 Å². The predicted molar refractivity (Wildman–Crippen MR) is 113 cm³/mol. The molecule has 0 saturated heterocycles. The van der Waals surface area contributed by atoms with Crippen LogP contribution in [0.2, 0.25) is 0 Å². The molecule has 2 N–H and O–H groups in total. The molecule has 0 unspecified atom stereocenters. The van der Waals surface area contributed by atoms with E-state index in [9.17, 15) is 0 Å². The smallest absolute Gasteiger partial charge is 0.336 e. The maximum atomic E-state index is 6.07. The number of rotatable bonds is 7. The van der Waals surface area contributed by atoms with E-state index < -0.39 is 0 Å². The van der Waals surface area contributed by atoms with Crippen molar-refractivity contribution < 1.29 is 4.74 Å². The molecule has 0 aliphatic heterocycles. The van der Waals surface area contributed by atoms with Crippen molar-refractivity contribution in [2.75, 3.05) is 12.3 Å². The van der Waals surface area contributed by atoms with Gasteiger partial charge in [-0.05, 0) is 37.3 Å². The van der Waals surface area contributed by atoms with Crippen molar-refractivity contribution in [2.24, 2.45) is 0 Å². The molecular weight excluding hydrogens is 364 g/mol. The predicted octanol–water partition coefficient (Wildman–Crippen LogP) is 4.23. The Morgan fingerprint density at radius 1 is 1.17 bits per heavy atom. The van der Waals surface area contributed by atoms with Gasteiger partial charge in [-0.1, -0.05) is 38.7 Å². The minimum Gasteiger partial charge on any atom is -0.462 e. The molecule has 3 aromatic heterocycles. The molecule has 7 nitrogen and oxygen atoms in total. The third kappa shape index (κ3) is 4.33. The van der Waals surface area contributed by atoms with Crippen molar-refractivity contribution in [1.82, 2.24) is 24.6 Å². The average Bonchev–Trinajstić information content (AvgIpc) is 3.12. The summed E-state index contributed by atoms with van der Waals surface area (Å²) >= 11 is 0. The summed E-state index contributed by atoms with van der Waals surface area (Å²) < 4.78 is 7.39. The van der Waals surface area contributed by atoms with Crippen molar-refractivity contribution in [3.63, 3.8) is 0 Å². The van der Waals surface area contributed by atoms with Gasteiger partial charge < -0.3 is 10.5 Å². The number of unbranched alkanes of at least 4 members (excludes halogenated alkanes) is 1. The van der Waals surface area contributed by atoms with Crippen LogP contribution in [-0.2, 0) is 6.42 Å². The maximum absolute atomic E-state index is 6.07. The van der Waals surface area contributed by atoms with Crippen LogP contribution in [0.15, 0.2) is 18.5 Å². The summed E-state index contributed by atoms with van der Waals surface area (Å²) in [4.78, 5) is 13.5. The van der Waals surface area contributed by atoms with Crippen LogP contribution in [0.4, 0.5) is 5.82 Å². The van der Waals surface area contributed by atoms with Gasteiger partial charge >= 0.3 is 6.01 Å². The van der Waals surface area contributed by atoms with Crippen LogP contribution in [-0.4, -0.2) is 31.2 Å². The quantitative estimate of drug-likeness (QED) is 0.603. The summed E-state index contributed by atoms with van der Waals surface area (Å²) in [7, 11) is 0. The lowest BCUT2D eigenvalue weighted by Crippen LogP contribution is -2.10. The average molecular weight is 395 g/mol. The first kappa shape index (κ1) is 19.6. The third-order valence-electron chi connectivity index (χ3n) is 5.72. The number of hydrogen-bond acceptors (Lipinski definition) is 6. The molecule has 0 amide bonds. The van der Waals surface area contributed by atoms with Gasteiger partial charge in [0, 0.05) is 24.2 Å². The fourth-order valence-electron chi connectivity index (χ4n) is 4.17. The van der Waals surface area contributed by atoms with Gasteiger partial charge in [-0.25, -0.2) is 9.50 Å². The second-order valence-corrected chi connectivity index (χ2v) is 8.02. The van der Waals surface area contributed by atoms with Crippen molar-refractivity contribution in [1.29, 1.82) is 0 Å². The highest BCUT2D eigenvalue weighted by Gasteiger charge is 2.19. The molecule has 1 aliphatic carbocycles. The van der Waals surface area contributed by atoms with Crippen LogP contribution >= 0.6 is 0 Å². The first-order valence-corrected chi connectivity index (χ1v) is 10.7. The topological polar surface area (TPSA) is 91.2 Å². The zero-order valence-electron chi connectivity index (χ0n) is 17.4. The van der Waals surface area contributed by atoms with E-state index in [-0.39, 0.29) is 0 Å². The van der Waals surface area contributed by atoms with Gasteiger partial charge in [-0.2, -0.15) is 4.98 Å². The SMILES string of the molecule is CCCCOc1nc(N)c2ncc(Cc3cnc(C4CCCCC4)c(C)c3)n2n1. The highest BCUT2D eigenvalue weighted by Crippen LogP contribution is 2.33. The summed E-state index contributed by atoms with van der Waals surface area (Å²) in [6, 6.07) is 2.55. The summed E-state index contributed by atoms with van der Waals surface area (Å²) in [5.74, 6) is 0.948. The summed E-state index contributed by atoms with van der Waals surface area (Å²) in [6.07, 6.45) is 13.0. The van der Waals surface area contributed by atoms with E-state index in [4.69, 9.17) is 15.5 Å². The highest BCUT2D eigenvalue weighted by molar-refractivity contribution is 5.59. The molecule has 0 aromatic carbocycles. The molecule has 154 valence electrons. The molecule has 1 saturated carbocycles. The Morgan fingerprint density at radius 2 is 2.00 bits per heavy atom. The Balaban J connectivity index is 1.56. The molecule has 7 heteroatoms. The van der Waals surface area contributed by atoms with E-state index in [1.807, 2.05) is 6.20 Å². The second-order valence-electron chi connectivity index (χ2n) is 8.02.